The standard InChI is InChI=1S/C14H20N2O2/c1-3-16-12-9-11(5-4-8-15)6-7-13(12)18-10(2)14(16)17/h6-7,9-10H,3-5,8,15H2,1-2H3. The molecule has 98 valence electrons. The number of amides is 1. The van der Waals surface area contributed by atoms with Crippen molar-refractivity contribution in [2.75, 3.05) is 18.0 Å². The number of carbonyl (C=O) groups is 1. The third-order valence-corrected chi connectivity index (χ3v) is 3.22. The number of carbonyl (C=O) groups excluding carboxylic acids is 1. The Morgan fingerprint density at radius 3 is 2.89 bits per heavy atom. The first-order chi connectivity index (χ1) is 8.67. The molecule has 4 nitrogen and oxygen atoms in total. The first-order valence-corrected chi connectivity index (χ1v) is 6.48. The minimum atomic E-state index is -0.396. The van der Waals surface area contributed by atoms with E-state index < -0.39 is 6.10 Å². The molecule has 1 aromatic carbocycles. The highest BCUT2D eigenvalue weighted by Crippen LogP contribution is 2.34. The SMILES string of the molecule is CCN1C(=O)C(C)Oc2ccc(CCCN)cc21. The molecule has 0 spiro atoms. The van der Waals surface area contributed by atoms with Gasteiger partial charge in [-0.1, -0.05) is 6.07 Å². The minimum Gasteiger partial charge on any atom is -0.479 e. The molecule has 0 saturated carbocycles. The molecular weight excluding hydrogens is 228 g/mol. The Labute approximate surface area is 108 Å². The molecule has 2 rings (SSSR count). The van der Waals surface area contributed by atoms with E-state index in [4.69, 9.17) is 10.5 Å². The van der Waals surface area contributed by atoms with E-state index in [1.54, 1.807) is 11.8 Å². The fraction of sp³-hybridized carbons (Fsp3) is 0.500. The molecule has 0 radical (unpaired) electrons. The van der Waals surface area contributed by atoms with E-state index in [-0.39, 0.29) is 5.91 Å². The van der Waals surface area contributed by atoms with Crippen molar-refractivity contribution in [3.8, 4) is 5.75 Å². The summed E-state index contributed by atoms with van der Waals surface area (Å²) in [6.45, 7) is 5.11. The number of fused-ring (bicyclic) bond motifs is 1. The Hall–Kier alpha value is -1.55. The smallest absolute Gasteiger partial charge is 0.267 e. The van der Waals surface area contributed by atoms with Crippen molar-refractivity contribution in [3.05, 3.63) is 23.8 Å². The second-order valence-electron chi connectivity index (χ2n) is 4.54. The molecule has 0 fully saturated rings. The van der Waals surface area contributed by atoms with Crippen LogP contribution in [0.3, 0.4) is 0 Å². The first kappa shape index (κ1) is 12.9. The molecule has 1 heterocycles. The summed E-state index contributed by atoms with van der Waals surface area (Å²) >= 11 is 0. The van der Waals surface area contributed by atoms with Crippen LogP contribution >= 0.6 is 0 Å². The van der Waals surface area contributed by atoms with Gasteiger partial charge in [0.25, 0.3) is 5.91 Å². The van der Waals surface area contributed by atoms with E-state index in [0.717, 1.165) is 24.3 Å². The second-order valence-corrected chi connectivity index (χ2v) is 4.54. The molecule has 2 N–H and O–H groups in total. The average Bonchev–Trinajstić information content (AvgIpc) is 2.38. The normalized spacial score (nSPS) is 18.5. The lowest BCUT2D eigenvalue weighted by Gasteiger charge is -2.32. The topological polar surface area (TPSA) is 55.6 Å². The maximum atomic E-state index is 12.0. The van der Waals surface area contributed by atoms with Crippen molar-refractivity contribution >= 4 is 11.6 Å². The summed E-state index contributed by atoms with van der Waals surface area (Å²) in [6.07, 6.45) is 1.49. The summed E-state index contributed by atoms with van der Waals surface area (Å²) in [5.74, 6) is 0.821. The number of aryl methyl sites for hydroxylation is 1. The van der Waals surface area contributed by atoms with E-state index in [1.807, 2.05) is 25.1 Å². The highest BCUT2D eigenvalue weighted by molar-refractivity contribution is 5.99. The third kappa shape index (κ3) is 2.34. The van der Waals surface area contributed by atoms with Crippen LogP contribution in [0.4, 0.5) is 5.69 Å². The first-order valence-electron chi connectivity index (χ1n) is 6.48. The number of rotatable bonds is 4. The lowest BCUT2D eigenvalue weighted by Crippen LogP contribution is -2.44. The number of hydrogen-bond acceptors (Lipinski definition) is 3. The van der Waals surface area contributed by atoms with Crippen LogP contribution in [0.25, 0.3) is 0 Å². The zero-order valence-corrected chi connectivity index (χ0v) is 11.0. The molecule has 1 aliphatic heterocycles. The van der Waals surface area contributed by atoms with Crippen LogP contribution in [0.1, 0.15) is 25.8 Å². The molecule has 0 saturated heterocycles. The lowest BCUT2D eigenvalue weighted by molar-refractivity contribution is -0.125. The number of nitrogens with two attached hydrogens (primary N) is 1. The van der Waals surface area contributed by atoms with Crippen LogP contribution in [0.5, 0.6) is 5.75 Å². The monoisotopic (exact) mass is 248 g/mol. The molecule has 1 aromatic rings. The molecule has 0 bridgehead atoms. The largest absolute Gasteiger partial charge is 0.479 e. The van der Waals surface area contributed by atoms with Crippen molar-refractivity contribution in [2.45, 2.75) is 32.8 Å². The van der Waals surface area contributed by atoms with E-state index in [1.165, 1.54) is 5.56 Å². The fourth-order valence-electron chi connectivity index (χ4n) is 2.24. The van der Waals surface area contributed by atoms with E-state index in [0.29, 0.717) is 13.1 Å². The second kappa shape index (κ2) is 5.40. The lowest BCUT2D eigenvalue weighted by atomic mass is 10.1. The summed E-state index contributed by atoms with van der Waals surface area (Å²) in [6, 6.07) is 6.04. The Bertz CT molecular complexity index is 445. The van der Waals surface area contributed by atoms with Crippen molar-refractivity contribution in [2.24, 2.45) is 5.73 Å². The predicted octanol–water partition coefficient (Wildman–Crippen LogP) is 1.71. The predicted molar refractivity (Wildman–Crippen MR) is 71.9 cm³/mol. The minimum absolute atomic E-state index is 0.0287. The van der Waals surface area contributed by atoms with Gasteiger partial charge < -0.3 is 15.4 Å². The summed E-state index contributed by atoms with van der Waals surface area (Å²) in [7, 11) is 0. The van der Waals surface area contributed by atoms with Gasteiger partial charge in [0.2, 0.25) is 0 Å². The number of likely N-dealkylation sites (N-methyl/N-ethyl adjacent to an activating group) is 1. The Morgan fingerprint density at radius 2 is 2.22 bits per heavy atom. The zero-order valence-electron chi connectivity index (χ0n) is 11.0. The van der Waals surface area contributed by atoms with Crippen LogP contribution < -0.4 is 15.4 Å². The molecule has 0 aromatic heterocycles. The molecule has 1 amide bonds. The summed E-state index contributed by atoms with van der Waals surface area (Å²) in [4.78, 5) is 13.8. The maximum Gasteiger partial charge on any atom is 0.267 e. The highest BCUT2D eigenvalue weighted by Gasteiger charge is 2.30. The van der Waals surface area contributed by atoms with Crippen molar-refractivity contribution in [1.29, 1.82) is 0 Å². The van der Waals surface area contributed by atoms with Crippen LogP contribution in [0.15, 0.2) is 18.2 Å². The number of hydrogen-bond donors (Lipinski definition) is 1. The Kier molecular flexibility index (Phi) is 3.87. The Balaban J connectivity index is 2.32. The van der Waals surface area contributed by atoms with Crippen LogP contribution in [-0.4, -0.2) is 25.1 Å². The molecule has 0 aliphatic carbocycles. The summed E-state index contributed by atoms with van der Waals surface area (Å²) in [5.41, 5.74) is 7.60. The van der Waals surface area contributed by atoms with Gasteiger partial charge in [-0.25, -0.2) is 0 Å². The van der Waals surface area contributed by atoms with Gasteiger partial charge in [0, 0.05) is 6.54 Å². The molecule has 1 atom stereocenters. The molecular formula is C14H20N2O2. The number of nitrogens with zero attached hydrogens (tertiary/aromatic N) is 1. The van der Waals surface area contributed by atoms with Gasteiger partial charge >= 0.3 is 0 Å². The fourth-order valence-corrected chi connectivity index (χ4v) is 2.24. The van der Waals surface area contributed by atoms with E-state index in [9.17, 15) is 4.79 Å². The van der Waals surface area contributed by atoms with Gasteiger partial charge in [-0.05, 0) is 50.9 Å². The molecule has 4 heteroatoms. The number of benzene rings is 1. The van der Waals surface area contributed by atoms with Crippen LogP contribution in [0, 0.1) is 0 Å². The highest BCUT2D eigenvalue weighted by atomic mass is 16.5. The molecule has 18 heavy (non-hydrogen) atoms. The van der Waals surface area contributed by atoms with E-state index in [2.05, 4.69) is 0 Å². The van der Waals surface area contributed by atoms with Crippen LogP contribution in [0.2, 0.25) is 0 Å². The molecule has 1 unspecified atom stereocenters. The maximum absolute atomic E-state index is 12.0. The molecule has 1 aliphatic rings. The Morgan fingerprint density at radius 1 is 1.44 bits per heavy atom. The number of ether oxygens (including phenoxy) is 1. The quantitative estimate of drug-likeness (QED) is 0.882. The van der Waals surface area contributed by atoms with Gasteiger partial charge in [-0.2, -0.15) is 0 Å². The number of anilines is 1. The zero-order chi connectivity index (χ0) is 13.1. The van der Waals surface area contributed by atoms with Gasteiger partial charge in [0.05, 0.1) is 5.69 Å². The van der Waals surface area contributed by atoms with E-state index >= 15 is 0 Å². The van der Waals surface area contributed by atoms with Gasteiger partial charge in [0.15, 0.2) is 6.10 Å². The van der Waals surface area contributed by atoms with Gasteiger partial charge in [-0.3, -0.25) is 4.79 Å². The summed E-state index contributed by atoms with van der Waals surface area (Å²) < 4.78 is 5.62. The summed E-state index contributed by atoms with van der Waals surface area (Å²) in [5, 5.41) is 0. The van der Waals surface area contributed by atoms with Crippen molar-refractivity contribution in [3.63, 3.8) is 0 Å². The van der Waals surface area contributed by atoms with Crippen molar-refractivity contribution < 1.29 is 9.53 Å². The van der Waals surface area contributed by atoms with Gasteiger partial charge in [0.1, 0.15) is 5.75 Å². The van der Waals surface area contributed by atoms with Gasteiger partial charge in [-0.15, -0.1) is 0 Å². The average molecular weight is 248 g/mol. The van der Waals surface area contributed by atoms with Crippen LogP contribution in [-0.2, 0) is 11.2 Å². The third-order valence-electron chi connectivity index (χ3n) is 3.22. The van der Waals surface area contributed by atoms with Crippen molar-refractivity contribution in [1.82, 2.24) is 0 Å².